The first-order valence-electron chi connectivity index (χ1n) is 9.41. The Bertz CT molecular complexity index is 1060. The molecule has 154 valence electrons. The maximum Gasteiger partial charge on any atom is 0.240 e. The number of aromatic nitrogens is 1. The van der Waals surface area contributed by atoms with Gasteiger partial charge in [-0.25, -0.2) is 18.1 Å². The standard InChI is InChI=1S/C20H22ClN3O3S2/c1-14-18(22-20(27-14)19-3-2-12-28-19)13-24-10-8-16(9-11-24)23-29(25,26)17-6-4-15(21)5-7-17/h2-7,12,16,23H,8-11,13H2,1H3. The van der Waals surface area contributed by atoms with Crippen LogP contribution in [0.15, 0.2) is 51.1 Å². The van der Waals surface area contributed by atoms with Gasteiger partial charge in [-0.3, -0.25) is 4.90 Å². The van der Waals surface area contributed by atoms with Gasteiger partial charge in [0, 0.05) is 30.7 Å². The van der Waals surface area contributed by atoms with Crippen molar-refractivity contribution in [1.29, 1.82) is 0 Å². The van der Waals surface area contributed by atoms with E-state index in [2.05, 4.69) is 14.6 Å². The molecule has 29 heavy (non-hydrogen) atoms. The summed E-state index contributed by atoms with van der Waals surface area (Å²) in [5.74, 6) is 1.50. The average molecular weight is 452 g/mol. The van der Waals surface area contributed by atoms with Crippen molar-refractivity contribution in [3.63, 3.8) is 0 Å². The van der Waals surface area contributed by atoms with Crippen LogP contribution >= 0.6 is 22.9 Å². The Balaban J connectivity index is 1.33. The van der Waals surface area contributed by atoms with Gasteiger partial charge in [0.15, 0.2) is 0 Å². The quantitative estimate of drug-likeness (QED) is 0.604. The van der Waals surface area contributed by atoms with Gasteiger partial charge in [0.2, 0.25) is 15.9 Å². The molecule has 9 heteroatoms. The molecule has 0 atom stereocenters. The van der Waals surface area contributed by atoms with E-state index >= 15 is 0 Å². The van der Waals surface area contributed by atoms with Gasteiger partial charge in [-0.2, -0.15) is 0 Å². The van der Waals surface area contributed by atoms with E-state index in [1.165, 1.54) is 12.1 Å². The summed E-state index contributed by atoms with van der Waals surface area (Å²) in [6.45, 7) is 4.24. The molecule has 1 saturated heterocycles. The minimum absolute atomic E-state index is 0.0768. The fourth-order valence-electron chi connectivity index (χ4n) is 3.40. The van der Waals surface area contributed by atoms with E-state index in [-0.39, 0.29) is 10.9 Å². The van der Waals surface area contributed by atoms with E-state index in [1.54, 1.807) is 23.5 Å². The lowest BCUT2D eigenvalue weighted by Crippen LogP contribution is -2.44. The van der Waals surface area contributed by atoms with Gasteiger partial charge in [-0.1, -0.05) is 17.7 Å². The van der Waals surface area contributed by atoms with Crippen molar-refractivity contribution < 1.29 is 12.8 Å². The molecule has 0 unspecified atom stereocenters. The molecule has 0 amide bonds. The molecule has 1 fully saturated rings. The third-order valence-corrected chi connectivity index (χ3v) is 7.68. The first-order valence-corrected chi connectivity index (χ1v) is 12.2. The average Bonchev–Trinajstić information content (AvgIpc) is 3.34. The van der Waals surface area contributed by atoms with Gasteiger partial charge in [0.25, 0.3) is 0 Å². The number of benzene rings is 1. The molecule has 2 aromatic heterocycles. The highest BCUT2D eigenvalue weighted by Gasteiger charge is 2.25. The largest absolute Gasteiger partial charge is 0.440 e. The molecular weight excluding hydrogens is 430 g/mol. The molecular formula is C20H22ClN3O3S2. The number of sulfonamides is 1. The number of thiophene rings is 1. The summed E-state index contributed by atoms with van der Waals surface area (Å²) in [4.78, 5) is 8.20. The predicted octanol–water partition coefficient (Wildman–Crippen LogP) is 4.31. The minimum Gasteiger partial charge on any atom is -0.440 e. The van der Waals surface area contributed by atoms with Crippen molar-refractivity contribution in [2.45, 2.75) is 37.2 Å². The second kappa shape index (κ2) is 8.57. The Labute approximate surface area is 179 Å². The smallest absolute Gasteiger partial charge is 0.240 e. The Hall–Kier alpha value is -1.71. The highest BCUT2D eigenvalue weighted by Crippen LogP contribution is 2.27. The van der Waals surface area contributed by atoms with Gasteiger partial charge >= 0.3 is 0 Å². The number of nitrogens with zero attached hydrogens (tertiary/aromatic N) is 2. The maximum atomic E-state index is 12.6. The number of hydrogen-bond acceptors (Lipinski definition) is 6. The Morgan fingerprint density at radius 1 is 1.24 bits per heavy atom. The topological polar surface area (TPSA) is 75.4 Å². The summed E-state index contributed by atoms with van der Waals surface area (Å²) < 4.78 is 33.7. The molecule has 3 heterocycles. The zero-order valence-corrected chi connectivity index (χ0v) is 18.4. The van der Waals surface area contributed by atoms with Gasteiger partial charge in [-0.05, 0) is 55.5 Å². The second-order valence-corrected chi connectivity index (χ2v) is 10.2. The number of halogens is 1. The first-order chi connectivity index (χ1) is 13.9. The second-order valence-electron chi connectivity index (χ2n) is 7.12. The van der Waals surface area contributed by atoms with E-state index in [0.29, 0.717) is 17.5 Å². The minimum atomic E-state index is -3.53. The van der Waals surface area contributed by atoms with E-state index in [1.807, 2.05) is 24.4 Å². The Kier molecular flexibility index (Phi) is 6.08. The Morgan fingerprint density at radius 3 is 2.62 bits per heavy atom. The highest BCUT2D eigenvalue weighted by atomic mass is 35.5. The molecule has 0 radical (unpaired) electrons. The van der Waals surface area contributed by atoms with Crippen LogP contribution in [-0.4, -0.2) is 37.4 Å². The van der Waals surface area contributed by atoms with E-state index in [4.69, 9.17) is 16.0 Å². The fraction of sp³-hybridized carbons (Fsp3) is 0.350. The summed E-state index contributed by atoms with van der Waals surface area (Å²) in [5, 5.41) is 2.52. The fourth-order valence-corrected chi connectivity index (χ4v) is 5.48. The third kappa shape index (κ3) is 4.90. The molecule has 3 aromatic rings. The van der Waals surface area contributed by atoms with Crippen LogP contribution in [0.3, 0.4) is 0 Å². The summed E-state index contributed by atoms with van der Waals surface area (Å²) >= 11 is 7.45. The van der Waals surface area contributed by atoms with Crippen molar-refractivity contribution in [1.82, 2.24) is 14.6 Å². The predicted molar refractivity (Wildman–Crippen MR) is 115 cm³/mol. The molecule has 0 spiro atoms. The number of oxazole rings is 1. The van der Waals surface area contributed by atoms with Crippen LogP contribution in [0.5, 0.6) is 0 Å². The van der Waals surface area contributed by atoms with Crippen LogP contribution in [0.2, 0.25) is 5.02 Å². The lowest BCUT2D eigenvalue weighted by Gasteiger charge is -2.31. The maximum absolute atomic E-state index is 12.6. The van der Waals surface area contributed by atoms with Crippen molar-refractivity contribution >= 4 is 33.0 Å². The normalized spacial score (nSPS) is 16.3. The van der Waals surface area contributed by atoms with Gasteiger partial charge in [0.1, 0.15) is 5.76 Å². The molecule has 1 aliphatic heterocycles. The summed E-state index contributed by atoms with van der Waals surface area (Å²) in [7, 11) is -3.53. The lowest BCUT2D eigenvalue weighted by atomic mass is 10.1. The van der Waals surface area contributed by atoms with Gasteiger partial charge < -0.3 is 4.42 Å². The van der Waals surface area contributed by atoms with Crippen molar-refractivity contribution in [3.05, 3.63) is 58.3 Å². The third-order valence-electron chi connectivity index (χ3n) is 5.03. The van der Waals surface area contributed by atoms with Crippen molar-refractivity contribution in [2.24, 2.45) is 0 Å². The summed E-state index contributed by atoms with van der Waals surface area (Å²) in [6, 6.07) is 10.1. The number of aryl methyl sites for hydroxylation is 1. The zero-order valence-electron chi connectivity index (χ0n) is 16.0. The van der Waals surface area contributed by atoms with Crippen LogP contribution in [0, 0.1) is 6.92 Å². The molecule has 6 nitrogen and oxygen atoms in total. The first kappa shape index (κ1) is 20.6. The number of hydrogen-bond donors (Lipinski definition) is 1. The van der Waals surface area contributed by atoms with Gasteiger partial charge in [-0.15, -0.1) is 11.3 Å². The van der Waals surface area contributed by atoms with Crippen LogP contribution in [0.25, 0.3) is 10.8 Å². The van der Waals surface area contributed by atoms with E-state index in [0.717, 1.165) is 42.3 Å². The summed E-state index contributed by atoms with van der Waals surface area (Å²) in [6.07, 6.45) is 1.50. The molecule has 1 N–H and O–H groups in total. The van der Waals surface area contributed by atoms with E-state index in [9.17, 15) is 8.42 Å². The highest BCUT2D eigenvalue weighted by molar-refractivity contribution is 7.89. The SMILES string of the molecule is Cc1oc(-c2cccs2)nc1CN1CCC(NS(=O)(=O)c2ccc(Cl)cc2)CC1. The molecule has 0 bridgehead atoms. The number of nitrogens with one attached hydrogen (secondary N) is 1. The number of rotatable bonds is 6. The Morgan fingerprint density at radius 2 is 1.97 bits per heavy atom. The van der Waals surface area contributed by atoms with Crippen LogP contribution in [0.4, 0.5) is 0 Å². The zero-order chi connectivity index (χ0) is 20.4. The van der Waals surface area contributed by atoms with Crippen LogP contribution < -0.4 is 4.72 Å². The molecule has 4 rings (SSSR count). The number of likely N-dealkylation sites (tertiary alicyclic amines) is 1. The molecule has 0 aliphatic carbocycles. The van der Waals surface area contributed by atoms with Crippen molar-refractivity contribution in [3.8, 4) is 10.8 Å². The number of piperidine rings is 1. The monoisotopic (exact) mass is 451 g/mol. The molecule has 1 aliphatic rings. The summed E-state index contributed by atoms with van der Waals surface area (Å²) in [5.41, 5.74) is 0.939. The van der Waals surface area contributed by atoms with E-state index < -0.39 is 10.0 Å². The van der Waals surface area contributed by atoms with Crippen LogP contribution in [-0.2, 0) is 16.6 Å². The molecule has 0 saturated carbocycles. The van der Waals surface area contributed by atoms with Gasteiger partial charge in [0.05, 0.1) is 15.5 Å². The van der Waals surface area contributed by atoms with Crippen LogP contribution in [0.1, 0.15) is 24.3 Å². The molecule has 1 aromatic carbocycles. The van der Waals surface area contributed by atoms with Crippen molar-refractivity contribution in [2.75, 3.05) is 13.1 Å². The lowest BCUT2D eigenvalue weighted by molar-refractivity contribution is 0.197.